The van der Waals surface area contributed by atoms with Crippen molar-refractivity contribution in [3.05, 3.63) is 63.6 Å². The van der Waals surface area contributed by atoms with Crippen LogP contribution in [0.15, 0.2) is 46.9 Å². The van der Waals surface area contributed by atoms with Crippen LogP contribution in [0.4, 0.5) is 5.69 Å². The van der Waals surface area contributed by atoms with Crippen LogP contribution in [0, 0.1) is 6.92 Å². The zero-order valence-electron chi connectivity index (χ0n) is 10.6. The second-order valence-corrected chi connectivity index (χ2v) is 5.19. The Morgan fingerprint density at radius 1 is 1.26 bits per heavy atom. The average molecular weight is 319 g/mol. The fraction of sp³-hybridized carbons (Fsp3) is 0.133. The molecule has 0 unspecified atom stereocenters. The molecule has 0 bridgehead atoms. The lowest BCUT2D eigenvalue weighted by Gasteiger charge is -2.10. The summed E-state index contributed by atoms with van der Waals surface area (Å²) in [6.07, 6.45) is 0. The van der Waals surface area contributed by atoms with Crippen LogP contribution in [0.25, 0.3) is 0 Å². The highest BCUT2D eigenvalue weighted by Gasteiger charge is 2.06. The zero-order valence-corrected chi connectivity index (χ0v) is 12.2. The first kappa shape index (κ1) is 13.6. The van der Waals surface area contributed by atoms with Gasteiger partial charge in [-0.25, -0.2) is 0 Å². The van der Waals surface area contributed by atoms with Crippen molar-refractivity contribution in [2.75, 3.05) is 5.32 Å². The lowest BCUT2D eigenvalue weighted by molar-refractivity contribution is 0.1000. The Kier molecular flexibility index (Phi) is 4.22. The number of primary amides is 1. The molecule has 0 heterocycles. The average Bonchev–Trinajstić information content (AvgIpc) is 2.39. The maximum atomic E-state index is 11.3. The van der Waals surface area contributed by atoms with Crippen molar-refractivity contribution in [3.63, 3.8) is 0 Å². The van der Waals surface area contributed by atoms with Gasteiger partial charge in [-0.1, -0.05) is 40.2 Å². The number of hydrogen-bond donors (Lipinski definition) is 2. The Labute approximate surface area is 121 Å². The van der Waals surface area contributed by atoms with Gasteiger partial charge in [0, 0.05) is 22.3 Å². The summed E-state index contributed by atoms with van der Waals surface area (Å²) in [6, 6.07) is 13.6. The number of aryl methyl sites for hydroxylation is 1. The Morgan fingerprint density at radius 2 is 2.00 bits per heavy atom. The first-order valence-corrected chi connectivity index (χ1v) is 6.75. The number of anilines is 1. The van der Waals surface area contributed by atoms with Gasteiger partial charge in [0.05, 0.1) is 0 Å². The van der Waals surface area contributed by atoms with Crippen LogP contribution in [-0.4, -0.2) is 5.91 Å². The van der Waals surface area contributed by atoms with Gasteiger partial charge in [-0.05, 0) is 36.2 Å². The zero-order chi connectivity index (χ0) is 13.8. The highest BCUT2D eigenvalue weighted by molar-refractivity contribution is 9.10. The maximum absolute atomic E-state index is 11.3. The summed E-state index contributed by atoms with van der Waals surface area (Å²) in [7, 11) is 0. The SMILES string of the molecule is Cc1ccc(NCc2ccccc2Br)cc1C(N)=O. The molecule has 2 rings (SSSR count). The van der Waals surface area contributed by atoms with E-state index in [1.54, 1.807) is 6.07 Å². The van der Waals surface area contributed by atoms with Gasteiger partial charge in [0.25, 0.3) is 0 Å². The standard InChI is InChI=1S/C15H15BrN2O/c1-10-6-7-12(8-13(10)15(17)19)18-9-11-4-2-3-5-14(11)16/h2-8,18H,9H2,1H3,(H2,17,19). The molecule has 0 aliphatic rings. The van der Waals surface area contributed by atoms with E-state index in [0.717, 1.165) is 21.3 Å². The van der Waals surface area contributed by atoms with Crippen molar-refractivity contribution >= 4 is 27.5 Å². The molecule has 0 spiro atoms. The molecule has 3 N–H and O–H groups in total. The third-order valence-electron chi connectivity index (χ3n) is 2.94. The van der Waals surface area contributed by atoms with Crippen LogP contribution >= 0.6 is 15.9 Å². The first-order valence-electron chi connectivity index (χ1n) is 5.95. The van der Waals surface area contributed by atoms with Crippen molar-refractivity contribution in [3.8, 4) is 0 Å². The molecule has 1 amide bonds. The molecule has 3 nitrogen and oxygen atoms in total. The Balaban J connectivity index is 2.14. The second-order valence-electron chi connectivity index (χ2n) is 4.34. The van der Waals surface area contributed by atoms with E-state index in [4.69, 9.17) is 5.73 Å². The Bertz CT molecular complexity index is 611. The van der Waals surface area contributed by atoms with Crippen molar-refractivity contribution in [1.82, 2.24) is 0 Å². The van der Waals surface area contributed by atoms with Crippen molar-refractivity contribution in [2.24, 2.45) is 5.73 Å². The van der Waals surface area contributed by atoms with Gasteiger partial charge < -0.3 is 11.1 Å². The van der Waals surface area contributed by atoms with Crippen LogP contribution in [0.5, 0.6) is 0 Å². The monoisotopic (exact) mass is 318 g/mol. The number of rotatable bonds is 4. The third kappa shape index (κ3) is 3.35. The van der Waals surface area contributed by atoms with Crippen molar-refractivity contribution in [1.29, 1.82) is 0 Å². The Morgan fingerprint density at radius 3 is 2.68 bits per heavy atom. The van der Waals surface area contributed by atoms with Gasteiger partial charge in [0.2, 0.25) is 5.91 Å². The van der Waals surface area contributed by atoms with Crippen LogP contribution in [0.1, 0.15) is 21.5 Å². The summed E-state index contributed by atoms with van der Waals surface area (Å²) < 4.78 is 1.06. The molecule has 0 aliphatic heterocycles. The Hall–Kier alpha value is -1.81. The van der Waals surface area contributed by atoms with E-state index in [1.807, 2.05) is 43.3 Å². The molecule has 0 saturated carbocycles. The summed E-state index contributed by atoms with van der Waals surface area (Å²) in [5.41, 5.74) is 8.82. The summed E-state index contributed by atoms with van der Waals surface area (Å²) >= 11 is 3.51. The van der Waals surface area contributed by atoms with E-state index in [1.165, 1.54) is 0 Å². The lowest BCUT2D eigenvalue weighted by Crippen LogP contribution is -2.13. The van der Waals surface area contributed by atoms with Gasteiger partial charge in [0.1, 0.15) is 0 Å². The molecule has 0 saturated heterocycles. The highest BCUT2D eigenvalue weighted by atomic mass is 79.9. The van der Waals surface area contributed by atoms with Gasteiger partial charge >= 0.3 is 0 Å². The topological polar surface area (TPSA) is 55.1 Å². The smallest absolute Gasteiger partial charge is 0.249 e. The number of halogens is 1. The van der Waals surface area contributed by atoms with Crippen LogP contribution in [-0.2, 0) is 6.54 Å². The molecule has 0 atom stereocenters. The summed E-state index contributed by atoms with van der Waals surface area (Å²) in [4.78, 5) is 11.3. The number of hydrogen-bond acceptors (Lipinski definition) is 2. The van der Waals surface area contributed by atoms with E-state index >= 15 is 0 Å². The van der Waals surface area contributed by atoms with Gasteiger partial charge in [0.15, 0.2) is 0 Å². The number of benzene rings is 2. The quantitative estimate of drug-likeness (QED) is 0.906. The van der Waals surface area contributed by atoms with Crippen LogP contribution in [0.2, 0.25) is 0 Å². The number of nitrogens with one attached hydrogen (secondary N) is 1. The molecule has 0 aliphatic carbocycles. The summed E-state index contributed by atoms with van der Waals surface area (Å²) in [5.74, 6) is -0.401. The van der Waals surface area contributed by atoms with Crippen LogP contribution < -0.4 is 11.1 Å². The molecule has 0 radical (unpaired) electrons. The molecule has 19 heavy (non-hydrogen) atoms. The number of carbonyl (C=O) groups excluding carboxylic acids is 1. The number of nitrogens with two attached hydrogens (primary N) is 1. The van der Waals surface area contributed by atoms with E-state index in [-0.39, 0.29) is 0 Å². The van der Waals surface area contributed by atoms with Gasteiger partial charge in [-0.15, -0.1) is 0 Å². The number of carbonyl (C=O) groups is 1. The minimum Gasteiger partial charge on any atom is -0.381 e. The lowest BCUT2D eigenvalue weighted by atomic mass is 10.1. The van der Waals surface area contributed by atoms with Crippen molar-refractivity contribution in [2.45, 2.75) is 13.5 Å². The highest BCUT2D eigenvalue weighted by Crippen LogP contribution is 2.19. The fourth-order valence-corrected chi connectivity index (χ4v) is 2.26. The van der Waals surface area contributed by atoms with E-state index in [9.17, 15) is 4.79 Å². The number of amides is 1. The summed E-state index contributed by atoms with van der Waals surface area (Å²) in [5, 5.41) is 3.29. The summed E-state index contributed by atoms with van der Waals surface area (Å²) in [6.45, 7) is 2.56. The second kappa shape index (κ2) is 5.89. The normalized spacial score (nSPS) is 10.2. The predicted molar refractivity (Wildman–Crippen MR) is 81.2 cm³/mol. The molecule has 4 heteroatoms. The predicted octanol–water partition coefficient (Wildman–Crippen LogP) is 3.47. The van der Waals surface area contributed by atoms with E-state index < -0.39 is 5.91 Å². The minimum absolute atomic E-state index is 0.401. The molecular weight excluding hydrogens is 304 g/mol. The van der Waals surface area contributed by atoms with E-state index in [2.05, 4.69) is 21.2 Å². The van der Waals surface area contributed by atoms with Crippen LogP contribution in [0.3, 0.4) is 0 Å². The molecular formula is C15H15BrN2O. The van der Waals surface area contributed by atoms with E-state index in [0.29, 0.717) is 12.1 Å². The largest absolute Gasteiger partial charge is 0.381 e. The fourth-order valence-electron chi connectivity index (χ4n) is 1.84. The molecule has 0 fully saturated rings. The molecule has 0 aromatic heterocycles. The first-order chi connectivity index (χ1) is 9.08. The molecule has 2 aromatic carbocycles. The molecule has 98 valence electrons. The van der Waals surface area contributed by atoms with Gasteiger partial charge in [-0.3, -0.25) is 4.79 Å². The third-order valence-corrected chi connectivity index (χ3v) is 3.72. The molecule has 2 aromatic rings. The van der Waals surface area contributed by atoms with Crippen molar-refractivity contribution < 1.29 is 4.79 Å². The minimum atomic E-state index is -0.401. The van der Waals surface area contributed by atoms with Gasteiger partial charge in [-0.2, -0.15) is 0 Å². The maximum Gasteiger partial charge on any atom is 0.249 e.